The highest BCUT2D eigenvalue weighted by Crippen LogP contribution is 2.47. The van der Waals surface area contributed by atoms with Gasteiger partial charge in [-0.1, -0.05) is 13.3 Å². The average molecular weight is 467 g/mol. The molecule has 2 aromatic carbocycles. The first-order chi connectivity index (χ1) is 16.6. The number of hydrogen-bond donors (Lipinski definition) is 2. The summed E-state index contributed by atoms with van der Waals surface area (Å²) in [6.07, 6.45) is 5.46. The molecule has 0 spiro atoms. The average Bonchev–Trinajstić information content (AvgIpc) is 2.87. The number of aromatic hydroxyl groups is 1. The number of hydrogen-bond acceptors (Lipinski definition) is 6. The van der Waals surface area contributed by atoms with Gasteiger partial charge in [-0.3, -0.25) is 4.90 Å². The second-order valence-electron chi connectivity index (χ2n) is 10.0. The highest BCUT2D eigenvalue weighted by Gasteiger charge is 2.40. The van der Waals surface area contributed by atoms with Gasteiger partial charge in [0.05, 0.1) is 21.3 Å². The molecule has 1 fully saturated rings. The van der Waals surface area contributed by atoms with E-state index in [1.165, 1.54) is 28.7 Å². The van der Waals surface area contributed by atoms with Gasteiger partial charge >= 0.3 is 0 Å². The normalized spacial score (nSPS) is 26.2. The molecule has 2 N–H and O–H groups in total. The molecule has 4 atom stereocenters. The third kappa shape index (κ3) is 4.11. The van der Waals surface area contributed by atoms with Crippen molar-refractivity contribution in [1.29, 1.82) is 0 Å². The number of rotatable bonds is 6. The highest BCUT2D eigenvalue weighted by atomic mass is 16.5. The van der Waals surface area contributed by atoms with E-state index in [-0.39, 0.29) is 5.75 Å². The molecule has 0 saturated carbocycles. The van der Waals surface area contributed by atoms with Gasteiger partial charge in [-0.25, -0.2) is 0 Å². The van der Waals surface area contributed by atoms with Gasteiger partial charge in [-0.05, 0) is 90.6 Å². The van der Waals surface area contributed by atoms with Crippen LogP contribution in [0.4, 0.5) is 0 Å². The Bertz CT molecular complexity index is 1040. The first-order valence-corrected chi connectivity index (χ1v) is 12.7. The highest BCUT2D eigenvalue weighted by molar-refractivity contribution is 5.50. The Morgan fingerprint density at radius 3 is 2.35 bits per heavy atom. The number of methoxy groups -OCH3 is 3. The van der Waals surface area contributed by atoms with Crippen molar-refractivity contribution in [3.63, 3.8) is 0 Å². The third-order valence-corrected chi connectivity index (χ3v) is 8.44. The van der Waals surface area contributed by atoms with Gasteiger partial charge in [0.15, 0.2) is 23.0 Å². The van der Waals surface area contributed by atoms with Crippen LogP contribution < -0.4 is 19.5 Å². The smallest absolute Gasteiger partial charge is 0.161 e. The molecule has 1 saturated heterocycles. The van der Waals surface area contributed by atoms with Crippen LogP contribution in [0.1, 0.15) is 60.5 Å². The van der Waals surface area contributed by atoms with E-state index in [9.17, 15) is 5.11 Å². The molecular formula is C28H38N2O4. The second kappa shape index (κ2) is 9.67. The number of benzene rings is 2. The lowest BCUT2D eigenvalue weighted by atomic mass is 9.72. The molecule has 34 heavy (non-hydrogen) atoms. The molecule has 3 heterocycles. The zero-order chi connectivity index (χ0) is 23.8. The summed E-state index contributed by atoms with van der Waals surface area (Å²) in [5.74, 6) is 3.76. The summed E-state index contributed by atoms with van der Waals surface area (Å²) in [6, 6.07) is 9.06. The summed E-state index contributed by atoms with van der Waals surface area (Å²) in [4.78, 5) is 2.67. The van der Waals surface area contributed by atoms with Crippen molar-refractivity contribution in [2.45, 2.75) is 51.1 Å². The quantitative estimate of drug-likeness (QED) is 0.647. The van der Waals surface area contributed by atoms with Gasteiger partial charge in [0.2, 0.25) is 0 Å². The van der Waals surface area contributed by atoms with Crippen molar-refractivity contribution in [1.82, 2.24) is 10.2 Å². The van der Waals surface area contributed by atoms with Crippen LogP contribution in [0.2, 0.25) is 0 Å². The fourth-order valence-electron chi connectivity index (χ4n) is 6.59. The number of phenolic OH excluding ortho intramolecular Hbond substituents is 1. The molecule has 4 unspecified atom stereocenters. The Morgan fingerprint density at radius 2 is 1.62 bits per heavy atom. The lowest BCUT2D eigenvalue weighted by Crippen LogP contribution is -2.46. The minimum Gasteiger partial charge on any atom is -0.504 e. The molecule has 0 aromatic heterocycles. The topological polar surface area (TPSA) is 63.2 Å². The van der Waals surface area contributed by atoms with Crippen molar-refractivity contribution in [3.8, 4) is 23.0 Å². The van der Waals surface area contributed by atoms with Crippen molar-refractivity contribution < 1.29 is 19.3 Å². The van der Waals surface area contributed by atoms with E-state index < -0.39 is 0 Å². The maximum absolute atomic E-state index is 10.3. The number of ether oxygens (including phenoxy) is 3. The largest absolute Gasteiger partial charge is 0.504 e. The Morgan fingerprint density at radius 1 is 0.912 bits per heavy atom. The number of phenols is 1. The monoisotopic (exact) mass is 466 g/mol. The minimum absolute atomic E-state index is 0.251. The van der Waals surface area contributed by atoms with Gasteiger partial charge in [0.1, 0.15) is 0 Å². The van der Waals surface area contributed by atoms with Crippen molar-refractivity contribution in [2.75, 3.05) is 41.0 Å². The molecule has 3 aliphatic heterocycles. The standard InChI is InChI=1S/C28H38N2O4/c1-5-17-16-30-9-7-19-12-25(31)26(32-2)15-22(19)24(30)11-20(17)10-23-21-14-28(34-4)27(33-3)13-18(21)6-8-29-23/h12-15,17,20,23-24,29,31H,5-11,16H2,1-4H3. The number of piperidine rings is 1. The summed E-state index contributed by atoms with van der Waals surface area (Å²) >= 11 is 0. The molecule has 0 aliphatic carbocycles. The molecule has 6 heteroatoms. The zero-order valence-electron chi connectivity index (χ0n) is 20.9. The summed E-state index contributed by atoms with van der Waals surface area (Å²) in [5.41, 5.74) is 5.34. The maximum atomic E-state index is 10.3. The maximum Gasteiger partial charge on any atom is 0.161 e. The van der Waals surface area contributed by atoms with Crippen LogP contribution in [0.25, 0.3) is 0 Å². The predicted molar refractivity (Wildman–Crippen MR) is 133 cm³/mol. The minimum atomic E-state index is 0.251. The van der Waals surface area contributed by atoms with Crippen LogP contribution >= 0.6 is 0 Å². The van der Waals surface area contributed by atoms with Gasteiger partial charge in [0, 0.05) is 25.2 Å². The van der Waals surface area contributed by atoms with Crippen molar-refractivity contribution >= 4 is 0 Å². The van der Waals surface area contributed by atoms with Crippen molar-refractivity contribution in [2.24, 2.45) is 11.8 Å². The Hall–Kier alpha value is -2.44. The van der Waals surface area contributed by atoms with Crippen LogP contribution in [-0.2, 0) is 12.8 Å². The van der Waals surface area contributed by atoms with Crippen LogP contribution in [-0.4, -0.2) is 51.0 Å². The molecular weight excluding hydrogens is 428 g/mol. The van der Waals surface area contributed by atoms with Crippen molar-refractivity contribution in [3.05, 3.63) is 46.5 Å². The number of fused-ring (bicyclic) bond motifs is 4. The van der Waals surface area contributed by atoms with Gasteiger partial charge in [-0.2, -0.15) is 0 Å². The molecule has 2 aromatic rings. The molecule has 0 amide bonds. The lowest BCUT2D eigenvalue weighted by molar-refractivity contribution is 0.0435. The zero-order valence-corrected chi connectivity index (χ0v) is 20.9. The van der Waals surface area contributed by atoms with E-state index in [0.29, 0.717) is 29.7 Å². The summed E-state index contributed by atoms with van der Waals surface area (Å²) in [7, 11) is 5.05. The molecule has 5 rings (SSSR count). The van der Waals surface area contributed by atoms with Crippen LogP contribution in [0.3, 0.4) is 0 Å². The predicted octanol–water partition coefficient (Wildman–Crippen LogP) is 4.64. The van der Waals surface area contributed by atoms with Gasteiger partial charge in [0.25, 0.3) is 0 Å². The van der Waals surface area contributed by atoms with E-state index in [0.717, 1.165) is 56.8 Å². The second-order valence-corrected chi connectivity index (χ2v) is 10.0. The fraction of sp³-hybridized carbons (Fsp3) is 0.571. The lowest BCUT2D eigenvalue weighted by Gasteiger charge is -2.48. The van der Waals surface area contributed by atoms with Crippen LogP contribution in [0.15, 0.2) is 24.3 Å². The van der Waals surface area contributed by atoms with E-state index in [1.54, 1.807) is 21.3 Å². The Kier molecular flexibility index (Phi) is 6.63. The SMILES string of the molecule is CCC1CN2CCc3cc(O)c(OC)cc3C2CC1CC1NCCc2cc(OC)c(OC)cc21. The Balaban J connectivity index is 1.43. The van der Waals surface area contributed by atoms with Gasteiger partial charge in [-0.15, -0.1) is 0 Å². The Labute approximate surface area is 203 Å². The molecule has 3 aliphatic rings. The van der Waals surface area contributed by atoms with E-state index in [2.05, 4.69) is 35.3 Å². The number of nitrogens with one attached hydrogen (secondary N) is 1. The number of nitrogens with zero attached hydrogens (tertiary/aromatic N) is 1. The fourth-order valence-corrected chi connectivity index (χ4v) is 6.59. The molecule has 6 nitrogen and oxygen atoms in total. The van der Waals surface area contributed by atoms with E-state index in [1.807, 2.05) is 6.07 Å². The summed E-state index contributed by atoms with van der Waals surface area (Å²) in [5, 5.41) is 14.1. The van der Waals surface area contributed by atoms with E-state index in [4.69, 9.17) is 14.2 Å². The first kappa shape index (κ1) is 23.3. The summed E-state index contributed by atoms with van der Waals surface area (Å²) < 4.78 is 16.7. The van der Waals surface area contributed by atoms with Gasteiger partial charge < -0.3 is 24.6 Å². The van der Waals surface area contributed by atoms with E-state index >= 15 is 0 Å². The summed E-state index contributed by atoms with van der Waals surface area (Å²) in [6.45, 7) is 5.53. The molecule has 184 valence electrons. The third-order valence-electron chi connectivity index (χ3n) is 8.44. The first-order valence-electron chi connectivity index (χ1n) is 12.7. The molecule has 0 radical (unpaired) electrons. The van der Waals surface area contributed by atoms with Crippen LogP contribution in [0.5, 0.6) is 23.0 Å². The van der Waals surface area contributed by atoms with Crippen LogP contribution in [0, 0.1) is 11.8 Å². The molecule has 0 bridgehead atoms.